The summed E-state index contributed by atoms with van der Waals surface area (Å²) >= 11 is 3.50. The van der Waals surface area contributed by atoms with Crippen molar-refractivity contribution in [1.29, 1.82) is 0 Å². The van der Waals surface area contributed by atoms with Crippen LogP contribution in [-0.2, 0) is 15.0 Å². The zero-order valence-electron chi connectivity index (χ0n) is 31.3. The Morgan fingerprint density at radius 1 is 0.574 bits per heavy atom. The topological polar surface area (TPSA) is 74.6 Å². The third-order valence-electron chi connectivity index (χ3n) is 9.45. The van der Waals surface area contributed by atoms with Gasteiger partial charge in [0.15, 0.2) is 0 Å². The first kappa shape index (κ1) is 43.9. The summed E-state index contributed by atoms with van der Waals surface area (Å²) in [5.74, 6) is 0.296. The van der Waals surface area contributed by atoms with E-state index in [9.17, 15) is 19.8 Å². The van der Waals surface area contributed by atoms with Gasteiger partial charge in [0.2, 0.25) is 0 Å². The van der Waals surface area contributed by atoms with Crippen molar-refractivity contribution < 1.29 is 19.8 Å². The molecule has 0 bridgehead atoms. The largest absolute Gasteiger partial charge is 0.481 e. The molecule has 4 nitrogen and oxygen atoms in total. The predicted octanol–water partition coefficient (Wildman–Crippen LogP) is 12.9. The number of carbonyl (C=O) groups is 2. The molecule has 47 heavy (non-hydrogen) atoms. The Morgan fingerprint density at radius 2 is 0.915 bits per heavy atom. The minimum absolute atomic E-state index is 0.293. The summed E-state index contributed by atoms with van der Waals surface area (Å²) in [5, 5.41) is 20.6. The van der Waals surface area contributed by atoms with Crippen LogP contribution in [0.1, 0.15) is 197 Å². The second-order valence-electron chi connectivity index (χ2n) is 14.8. The number of hydrogen-bond donors (Lipinski definition) is 2. The predicted molar refractivity (Wildman–Crippen MR) is 209 cm³/mol. The fourth-order valence-electron chi connectivity index (χ4n) is 6.43. The minimum atomic E-state index is -0.793. The van der Waals surface area contributed by atoms with E-state index in [0.717, 1.165) is 46.6 Å². The van der Waals surface area contributed by atoms with Gasteiger partial charge in [-0.25, -0.2) is 0 Å². The summed E-state index contributed by atoms with van der Waals surface area (Å²) in [6, 6.07) is 4.03. The van der Waals surface area contributed by atoms with Crippen molar-refractivity contribution in [3.8, 4) is 0 Å². The van der Waals surface area contributed by atoms with Gasteiger partial charge in [0.1, 0.15) is 0 Å². The number of benzene rings is 1. The Labute approximate surface area is 298 Å². The van der Waals surface area contributed by atoms with Crippen molar-refractivity contribution in [2.45, 2.75) is 187 Å². The lowest BCUT2D eigenvalue weighted by atomic mass is 9.77. The van der Waals surface area contributed by atoms with Crippen LogP contribution >= 0.6 is 23.5 Å². The summed E-state index contributed by atoms with van der Waals surface area (Å²) in [4.78, 5) is 25.1. The molecule has 1 aromatic carbocycles. The molecule has 0 spiro atoms. The van der Waals surface area contributed by atoms with Crippen molar-refractivity contribution >= 4 is 35.5 Å². The second kappa shape index (κ2) is 26.7. The van der Waals surface area contributed by atoms with Crippen molar-refractivity contribution in [3.05, 3.63) is 34.4 Å². The number of carboxylic acid groups (broad SMARTS) is 2. The van der Waals surface area contributed by atoms with Gasteiger partial charge in [-0.15, -0.1) is 0 Å². The highest BCUT2D eigenvalue weighted by molar-refractivity contribution is 7.99. The lowest BCUT2D eigenvalue weighted by Crippen LogP contribution is -2.24. The summed E-state index contributed by atoms with van der Waals surface area (Å²) < 4.78 is 0. The highest BCUT2D eigenvalue weighted by Crippen LogP contribution is 2.37. The molecule has 0 aliphatic rings. The molecular weight excluding hydrogens is 621 g/mol. The van der Waals surface area contributed by atoms with Crippen LogP contribution in [0, 0.1) is 6.92 Å². The van der Waals surface area contributed by atoms with Gasteiger partial charge >= 0.3 is 11.9 Å². The summed E-state index contributed by atoms with van der Waals surface area (Å²) in [7, 11) is 0. The lowest BCUT2D eigenvalue weighted by Gasteiger charge is -2.29. The average molecular weight is 693 g/mol. The van der Waals surface area contributed by atoms with E-state index in [1.165, 1.54) is 116 Å². The zero-order valence-corrected chi connectivity index (χ0v) is 32.9. The van der Waals surface area contributed by atoms with Crippen LogP contribution in [0.5, 0.6) is 0 Å². The van der Waals surface area contributed by atoms with E-state index in [4.69, 9.17) is 0 Å². The van der Waals surface area contributed by atoms with E-state index >= 15 is 0 Å². The molecule has 0 fully saturated rings. The van der Waals surface area contributed by atoms with Gasteiger partial charge in [0, 0.05) is 11.5 Å². The molecule has 2 atom stereocenters. The molecule has 0 saturated heterocycles. The van der Waals surface area contributed by atoms with Crippen LogP contribution in [-0.4, -0.2) is 45.2 Å². The second-order valence-corrected chi connectivity index (χ2v) is 17.1. The summed E-state index contributed by atoms with van der Waals surface area (Å²) in [6.07, 6.45) is 26.0. The van der Waals surface area contributed by atoms with E-state index in [-0.39, 0.29) is 5.41 Å². The lowest BCUT2D eigenvalue weighted by molar-refractivity contribution is -0.139. The third-order valence-corrected chi connectivity index (χ3v) is 11.7. The van der Waals surface area contributed by atoms with Gasteiger partial charge in [-0.3, -0.25) is 9.59 Å². The monoisotopic (exact) mass is 692 g/mol. The molecule has 1 aromatic rings. The summed E-state index contributed by atoms with van der Waals surface area (Å²) in [5.41, 5.74) is 3.26. The molecule has 272 valence electrons. The smallest absolute Gasteiger partial charge is 0.311 e. The van der Waals surface area contributed by atoms with Gasteiger partial charge < -0.3 is 10.2 Å². The minimum Gasteiger partial charge on any atom is -0.481 e. The standard InChI is InChI=1S/C41H72O4S2/c1-7-9-11-13-15-17-19-21-23-25-27-46-31-36(39(42)43)34-30-38(41(4,5)6)35(29-33(34)3)37(40(44)45)32-47-28-26-24-22-20-18-16-14-12-10-8-2/h29-30,36-37H,7-28,31-32H2,1-6H3,(H,42,43)(H,44,45). The maximum atomic E-state index is 12.6. The first-order valence-electron chi connectivity index (χ1n) is 19.3. The molecule has 0 aliphatic carbocycles. The molecule has 1 rings (SSSR count). The molecule has 0 radical (unpaired) electrons. The van der Waals surface area contributed by atoms with Gasteiger partial charge in [-0.2, -0.15) is 23.5 Å². The Kier molecular flexibility index (Phi) is 24.9. The fourth-order valence-corrected chi connectivity index (χ4v) is 8.70. The summed E-state index contributed by atoms with van der Waals surface area (Å²) in [6.45, 7) is 12.8. The zero-order chi connectivity index (χ0) is 34.9. The molecule has 0 saturated carbocycles. The Balaban J connectivity index is 2.69. The number of carboxylic acids is 2. The molecule has 0 aliphatic heterocycles. The van der Waals surface area contributed by atoms with Crippen molar-refractivity contribution in [2.75, 3.05) is 23.0 Å². The first-order chi connectivity index (χ1) is 22.5. The fraction of sp³-hybridized carbons (Fsp3) is 0.805. The highest BCUT2D eigenvalue weighted by Gasteiger charge is 2.31. The van der Waals surface area contributed by atoms with Crippen molar-refractivity contribution in [2.24, 2.45) is 0 Å². The van der Waals surface area contributed by atoms with E-state index < -0.39 is 23.8 Å². The van der Waals surface area contributed by atoms with Crippen molar-refractivity contribution in [1.82, 2.24) is 0 Å². The molecule has 2 unspecified atom stereocenters. The number of hydrogen-bond acceptors (Lipinski definition) is 4. The van der Waals surface area contributed by atoms with Crippen LogP contribution in [0.3, 0.4) is 0 Å². The van der Waals surface area contributed by atoms with Gasteiger partial charge in [0.25, 0.3) is 0 Å². The number of rotatable bonds is 30. The number of thioether (sulfide) groups is 2. The van der Waals surface area contributed by atoms with Crippen molar-refractivity contribution in [3.63, 3.8) is 0 Å². The van der Waals surface area contributed by atoms with Gasteiger partial charge in [0.05, 0.1) is 11.8 Å². The van der Waals surface area contributed by atoms with E-state index in [1.807, 2.05) is 19.1 Å². The Bertz CT molecular complexity index is 971. The SMILES string of the molecule is CCCCCCCCCCCCSCC(C(=O)O)c1cc(C(C)(C)C)c(C(CSCCCCCCCCCCCC)C(=O)O)cc1C. The third kappa shape index (κ3) is 19.6. The highest BCUT2D eigenvalue weighted by atomic mass is 32.2. The van der Waals surface area contributed by atoms with Crippen LogP contribution < -0.4 is 0 Å². The van der Waals surface area contributed by atoms with Gasteiger partial charge in [-0.1, -0.05) is 162 Å². The molecular formula is C41H72O4S2. The van der Waals surface area contributed by atoms with E-state index in [2.05, 4.69) is 34.6 Å². The van der Waals surface area contributed by atoms with Crippen LogP contribution in [0.15, 0.2) is 12.1 Å². The molecule has 6 heteroatoms. The van der Waals surface area contributed by atoms with E-state index in [0.29, 0.717) is 11.5 Å². The number of unbranched alkanes of at least 4 members (excludes halogenated alkanes) is 18. The maximum Gasteiger partial charge on any atom is 0.311 e. The van der Waals surface area contributed by atoms with Crippen LogP contribution in [0.25, 0.3) is 0 Å². The average Bonchev–Trinajstić information content (AvgIpc) is 3.01. The molecule has 0 heterocycles. The molecule has 0 amide bonds. The number of aryl methyl sites for hydroxylation is 1. The maximum absolute atomic E-state index is 12.6. The molecule has 0 aromatic heterocycles. The normalized spacial score (nSPS) is 13.1. The first-order valence-corrected chi connectivity index (χ1v) is 21.6. The quantitative estimate of drug-likeness (QED) is 0.0782. The Hall–Kier alpha value is -1.14. The molecule has 2 N–H and O–H groups in total. The van der Waals surface area contributed by atoms with Crippen LogP contribution in [0.2, 0.25) is 0 Å². The van der Waals surface area contributed by atoms with Gasteiger partial charge in [-0.05, 0) is 58.9 Å². The Morgan fingerprint density at radius 3 is 1.26 bits per heavy atom. The van der Waals surface area contributed by atoms with Crippen LogP contribution in [0.4, 0.5) is 0 Å². The number of aliphatic carboxylic acids is 2. The van der Waals surface area contributed by atoms with E-state index in [1.54, 1.807) is 23.5 Å².